The van der Waals surface area contributed by atoms with Crippen LogP contribution in [0.4, 0.5) is 0 Å². The molecule has 0 atom stereocenters. The summed E-state index contributed by atoms with van der Waals surface area (Å²) in [6.07, 6.45) is -0.0255. The van der Waals surface area contributed by atoms with Crippen LogP contribution in [0.2, 0.25) is 10.6 Å². The molecule has 0 bridgehead atoms. The highest BCUT2D eigenvalue weighted by Crippen LogP contribution is 2.39. The lowest BCUT2D eigenvalue weighted by molar-refractivity contribution is -0.351. The normalized spacial score (nSPS) is 13.8. The summed E-state index contributed by atoms with van der Waals surface area (Å²) < 4.78 is 0. The number of hydrogen-bond acceptors (Lipinski definition) is 3. The lowest BCUT2D eigenvalue weighted by atomic mass is 9.41. The number of rotatable bonds is 7. The van der Waals surface area contributed by atoms with Crippen LogP contribution in [0.5, 0.6) is 0 Å². The Kier molecular flexibility index (Phi) is 5.70. The molecule has 0 amide bonds. The van der Waals surface area contributed by atoms with Gasteiger partial charge in [0.05, 0.1) is 19.5 Å². The van der Waals surface area contributed by atoms with Crippen molar-refractivity contribution < 1.29 is 14.6 Å². The molecule has 0 spiro atoms. The van der Waals surface area contributed by atoms with Crippen molar-refractivity contribution in [1.82, 2.24) is 0 Å². The van der Waals surface area contributed by atoms with E-state index in [9.17, 15) is 4.79 Å². The summed E-state index contributed by atoms with van der Waals surface area (Å²) in [5.41, 5.74) is -0.658. The van der Waals surface area contributed by atoms with E-state index >= 15 is 0 Å². The van der Waals surface area contributed by atoms with Gasteiger partial charge in [0.15, 0.2) is 7.28 Å². The van der Waals surface area contributed by atoms with Crippen LogP contribution in [0.15, 0.2) is 0 Å². The molecule has 0 rings (SSSR count). The Bertz CT molecular complexity index is 291. The maximum atomic E-state index is 12.2. The molecule has 0 aromatic rings. The second-order valence-corrected chi connectivity index (χ2v) is 6.75. The summed E-state index contributed by atoms with van der Waals surface area (Å²) in [6.45, 7) is 14.6. The number of carbonyl (C=O) groups excluding carboxylic acids is 1. The average molecular weight is 251 g/mol. The molecule has 0 unspecified atom stereocenters. The Hall–Kier alpha value is -0.280. The summed E-state index contributed by atoms with van der Waals surface area (Å²) in [6, 6.07) is 0. The Labute approximate surface area is 114 Å². The van der Waals surface area contributed by atoms with Crippen molar-refractivity contribution in [2.45, 2.75) is 77.6 Å². The van der Waals surface area contributed by atoms with E-state index in [0.717, 1.165) is 0 Å². The van der Waals surface area contributed by atoms with Crippen molar-refractivity contribution in [2.24, 2.45) is 0 Å². The fourth-order valence-corrected chi connectivity index (χ4v) is 2.01. The van der Waals surface area contributed by atoms with Crippen molar-refractivity contribution in [3.8, 4) is 0 Å². The summed E-state index contributed by atoms with van der Waals surface area (Å²) >= 11 is 0. The lowest BCUT2D eigenvalue weighted by Gasteiger charge is -2.36. The molecule has 0 aromatic carbocycles. The molecular weight excluding hydrogens is 226 g/mol. The highest BCUT2D eigenvalue weighted by Gasteiger charge is 2.41. The molecule has 0 N–H and O–H groups in total. The number of hydrogen-bond donors (Lipinski definition) is 0. The fourth-order valence-electron chi connectivity index (χ4n) is 2.01. The summed E-state index contributed by atoms with van der Waals surface area (Å²) in [7, 11) is 7.70. The van der Waals surface area contributed by atoms with Gasteiger partial charge in [-0.2, -0.15) is 0 Å². The summed E-state index contributed by atoms with van der Waals surface area (Å²) in [4.78, 5) is 22.7. The smallest absolute Gasteiger partial charge is 0.174 e. The van der Waals surface area contributed by atoms with Gasteiger partial charge in [0.1, 0.15) is 5.78 Å². The van der Waals surface area contributed by atoms with Crippen LogP contribution in [-0.4, -0.2) is 32.5 Å². The first kappa shape index (κ1) is 17.7. The first-order chi connectivity index (χ1) is 7.78. The minimum Gasteiger partial charge on any atom is -0.300 e. The monoisotopic (exact) mass is 251 g/mol. The van der Waals surface area contributed by atoms with Gasteiger partial charge >= 0.3 is 0 Å². The molecule has 101 valence electrons. The average Bonchev–Trinajstić information content (AvgIpc) is 2.10. The van der Waals surface area contributed by atoms with Gasteiger partial charge in [0.2, 0.25) is 0 Å². The fraction of sp³-hybridized carbons (Fsp3) is 0.923. The van der Waals surface area contributed by atoms with Crippen LogP contribution in [-0.2, 0) is 14.6 Å². The van der Waals surface area contributed by atoms with Gasteiger partial charge in [-0.25, -0.2) is 9.78 Å². The number of carbonyl (C=O) groups is 1. The van der Waals surface area contributed by atoms with Crippen molar-refractivity contribution >= 4 is 20.9 Å². The predicted molar refractivity (Wildman–Crippen MR) is 76.0 cm³/mol. The van der Waals surface area contributed by atoms with E-state index in [2.05, 4.69) is 0 Å². The molecule has 0 fully saturated rings. The van der Waals surface area contributed by atoms with Crippen molar-refractivity contribution in [1.29, 1.82) is 0 Å². The standard InChI is InChI=1S/C13H25B2O3/c1-9(2)17-18-13(7,8)15-12(5,6)10(16)11(3,4)14/h9H,1-8H3. The molecule has 0 aromatic heterocycles. The van der Waals surface area contributed by atoms with E-state index in [4.69, 9.17) is 17.6 Å². The molecule has 0 aliphatic rings. The van der Waals surface area contributed by atoms with Gasteiger partial charge in [-0.1, -0.05) is 27.7 Å². The van der Waals surface area contributed by atoms with Crippen molar-refractivity contribution in [3.05, 3.63) is 0 Å². The second kappa shape index (κ2) is 5.79. The van der Waals surface area contributed by atoms with Crippen LogP contribution in [0.25, 0.3) is 0 Å². The Morgan fingerprint density at radius 1 is 1.11 bits per heavy atom. The highest BCUT2D eigenvalue weighted by atomic mass is 17.2. The third-order valence-electron chi connectivity index (χ3n) is 2.33. The van der Waals surface area contributed by atoms with E-state index in [0.29, 0.717) is 0 Å². The van der Waals surface area contributed by atoms with Crippen LogP contribution in [0, 0.1) is 0 Å². The molecule has 0 saturated heterocycles. The Morgan fingerprint density at radius 3 is 1.89 bits per heavy atom. The molecule has 5 heteroatoms. The SMILES string of the molecule is [B]C(C)(C)C(=O)C(C)(C)[B]C(C)(C)OOC(C)C. The van der Waals surface area contributed by atoms with Crippen LogP contribution >= 0.6 is 0 Å². The molecular formula is C13H25B2O3. The molecule has 0 aliphatic heterocycles. The predicted octanol–water partition coefficient (Wildman–Crippen LogP) is 2.92. The van der Waals surface area contributed by atoms with Gasteiger partial charge in [-0.3, -0.25) is 0 Å². The second-order valence-electron chi connectivity index (χ2n) is 6.75. The minimum absolute atomic E-state index is 0.0255. The van der Waals surface area contributed by atoms with Gasteiger partial charge in [-0.05, 0) is 38.3 Å². The largest absolute Gasteiger partial charge is 0.300 e. The van der Waals surface area contributed by atoms with E-state index < -0.39 is 16.1 Å². The maximum absolute atomic E-state index is 12.2. The summed E-state index contributed by atoms with van der Waals surface area (Å²) in [5, 5.41) is -1.54. The lowest BCUT2D eigenvalue weighted by Crippen LogP contribution is -2.44. The van der Waals surface area contributed by atoms with Crippen LogP contribution in [0.1, 0.15) is 55.4 Å². The zero-order chi connectivity index (χ0) is 14.8. The first-order valence-corrected chi connectivity index (χ1v) is 6.33. The van der Waals surface area contributed by atoms with Crippen LogP contribution < -0.4 is 0 Å². The van der Waals surface area contributed by atoms with Gasteiger partial charge in [0, 0.05) is 0 Å². The van der Waals surface area contributed by atoms with Crippen molar-refractivity contribution in [3.63, 3.8) is 0 Å². The van der Waals surface area contributed by atoms with Crippen molar-refractivity contribution in [2.75, 3.05) is 0 Å². The third kappa shape index (κ3) is 6.05. The highest BCUT2D eigenvalue weighted by molar-refractivity contribution is 6.52. The first-order valence-electron chi connectivity index (χ1n) is 6.33. The van der Waals surface area contributed by atoms with E-state index in [1.54, 1.807) is 13.8 Å². The van der Waals surface area contributed by atoms with Gasteiger partial charge in [0.25, 0.3) is 0 Å². The minimum atomic E-state index is -0.866. The van der Waals surface area contributed by atoms with E-state index in [1.807, 2.05) is 48.8 Å². The zero-order valence-electron chi connectivity index (χ0n) is 13.0. The Balaban J connectivity index is 4.70. The zero-order valence-corrected chi connectivity index (χ0v) is 13.0. The molecule has 3 nitrogen and oxygen atoms in total. The number of ketones is 1. The number of Topliss-reactive ketones (excluding diaryl/α,β-unsaturated/α-hetero) is 1. The summed E-state index contributed by atoms with van der Waals surface area (Å²) in [5.74, 6) is -0.0313. The molecule has 0 heterocycles. The quantitative estimate of drug-likeness (QED) is 0.396. The molecule has 3 radical (unpaired) electrons. The van der Waals surface area contributed by atoms with Crippen LogP contribution in [0.3, 0.4) is 0 Å². The van der Waals surface area contributed by atoms with Gasteiger partial charge in [-0.15, -0.1) is 0 Å². The molecule has 0 aliphatic carbocycles. The van der Waals surface area contributed by atoms with E-state index in [1.165, 1.54) is 0 Å². The molecule has 18 heavy (non-hydrogen) atoms. The molecule has 0 saturated carbocycles. The Morgan fingerprint density at radius 2 is 1.56 bits per heavy atom. The van der Waals surface area contributed by atoms with Gasteiger partial charge < -0.3 is 4.79 Å². The topological polar surface area (TPSA) is 35.5 Å². The third-order valence-corrected chi connectivity index (χ3v) is 2.33. The van der Waals surface area contributed by atoms with E-state index in [-0.39, 0.29) is 11.9 Å². The maximum Gasteiger partial charge on any atom is 0.174 e.